The van der Waals surface area contributed by atoms with Gasteiger partial charge in [0.05, 0.1) is 19.1 Å². The van der Waals surface area contributed by atoms with Gasteiger partial charge in [-0.05, 0) is 35.6 Å². The number of aryl methyl sites for hydroxylation is 1. The third kappa shape index (κ3) is 4.56. The molecule has 0 saturated carbocycles. The van der Waals surface area contributed by atoms with E-state index in [4.69, 9.17) is 9.47 Å². The largest absolute Gasteiger partial charge is 0.493 e. The number of nitrogens with one attached hydrogen (secondary N) is 1. The van der Waals surface area contributed by atoms with Gasteiger partial charge in [0, 0.05) is 12.1 Å². The first-order chi connectivity index (χ1) is 12.3. The van der Waals surface area contributed by atoms with Crippen LogP contribution in [0.4, 0.5) is 0 Å². The van der Waals surface area contributed by atoms with Crippen molar-refractivity contribution < 1.29 is 17.9 Å². The SMILES string of the molecule is CCc1ccc([C@H](NS(=O)(=O)c2ccc(OC)c(OC)c2)C(C)C)cc1. The summed E-state index contributed by atoms with van der Waals surface area (Å²) >= 11 is 0. The standard InChI is InChI=1S/C20H27NO4S/c1-6-15-7-9-16(10-8-15)20(14(2)3)21-26(22,23)17-11-12-18(24-4)19(13-17)25-5/h7-14,20-21H,6H2,1-5H3/t20-/m1/s1. The van der Waals surface area contributed by atoms with Crippen molar-refractivity contribution in [1.29, 1.82) is 0 Å². The summed E-state index contributed by atoms with van der Waals surface area (Å²) in [5.41, 5.74) is 2.17. The van der Waals surface area contributed by atoms with Crippen LogP contribution in [0.5, 0.6) is 11.5 Å². The third-order valence-corrected chi connectivity index (χ3v) is 5.80. The molecule has 142 valence electrons. The molecule has 0 amide bonds. The highest BCUT2D eigenvalue weighted by atomic mass is 32.2. The molecule has 0 fully saturated rings. The summed E-state index contributed by atoms with van der Waals surface area (Å²) in [5, 5.41) is 0. The van der Waals surface area contributed by atoms with Crippen LogP contribution in [-0.2, 0) is 16.4 Å². The minimum atomic E-state index is -3.71. The third-order valence-electron chi connectivity index (χ3n) is 4.36. The van der Waals surface area contributed by atoms with E-state index in [1.165, 1.54) is 31.9 Å². The molecule has 0 aliphatic carbocycles. The van der Waals surface area contributed by atoms with E-state index < -0.39 is 10.0 Å². The van der Waals surface area contributed by atoms with E-state index in [1.54, 1.807) is 6.07 Å². The second-order valence-corrected chi connectivity index (χ2v) is 8.17. The van der Waals surface area contributed by atoms with Crippen LogP contribution in [0.25, 0.3) is 0 Å². The lowest BCUT2D eigenvalue weighted by Gasteiger charge is -2.23. The second kappa shape index (κ2) is 8.56. The molecule has 2 rings (SSSR count). The van der Waals surface area contributed by atoms with Gasteiger partial charge < -0.3 is 9.47 Å². The van der Waals surface area contributed by atoms with Crippen molar-refractivity contribution in [1.82, 2.24) is 4.72 Å². The van der Waals surface area contributed by atoms with E-state index in [0.29, 0.717) is 11.5 Å². The second-order valence-electron chi connectivity index (χ2n) is 6.45. The number of rotatable bonds is 8. The van der Waals surface area contributed by atoms with Crippen molar-refractivity contribution in [3.63, 3.8) is 0 Å². The highest BCUT2D eigenvalue weighted by molar-refractivity contribution is 7.89. The number of hydrogen-bond donors (Lipinski definition) is 1. The predicted molar refractivity (Wildman–Crippen MR) is 103 cm³/mol. The first kappa shape index (κ1) is 20.3. The zero-order valence-electron chi connectivity index (χ0n) is 15.9. The summed E-state index contributed by atoms with van der Waals surface area (Å²) < 4.78 is 39.0. The summed E-state index contributed by atoms with van der Waals surface area (Å²) in [4.78, 5) is 0.144. The molecule has 2 aromatic carbocycles. The van der Waals surface area contributed by atoms with E-state index in [0.717, 1.165) is 12.0 Å². The van der Waals surface area contributed by atoms with Gasteiger partial charge in [-0.3, -0.25) is 0 Å². The molecular formula is C20H27NO4S. The number of sulfonamides is 1. The molecule has 5 nitrogen and oxygen atoms in total. The molecule has 0 aromatic heterocycles. The lowest BCUT2D eigenvalue weighted by atomic mass is 9.96. The van der Waals surface area contributed by atoms with Crippen molar-refractivity contribution >= 4 is 10.0 Å². The van der Waals surface area contributed by atoms with Gasteiger partial charge in [0.15, 0.2) is 11.5 Å². The van der Waals surface area contributed by atoms with E-state index in [2.05, 4.69) is 11.6 Å². The Morgan fingerprint density at radius 2 is 1.58 bits per heavy atom. The molecule has 2 aromatic rings. The minimum Gasteiger partial charge on any atom is -0.493 e. The van der Waals surface area contributed by atoms with E-state index in [1.807, 2.05) is 38.1 Å². The highest BCUT2D eigenvalue weighted by Crippen LogP contribution is 2.31. The van der Waals surface area contributed by atoms with E-state index in [9.17, 15) is 8.42 Å². The van der Waals surface area contributed by atoms with Gasteiger partial charge in [-0.15, -0.1) is 0 Å². The number of hydrogen-bond acceptors (Lipinski definition) is 4. The molecule has 0 heterocycles. The molecular weight excluding hydrogens is 350 g/mol. The Bertz CT molecular complexity index is 829. The molecule has 0 bridgehead atoms. The lowest BCUT2D eigenvalue weighted by molar-refractivity contribution is 0.353. The first-order valence-corrected chi connectivity index (χ1v) is 10.1. The number of ether oxygens (including phenoxy) is 2. The first-order valence-electron chi connectivity index (χ1n) is 8.65. The molecule has 0 spiro atoms. The summed E-state index contributed by atoms with van der Waals surface area (Å²) in [6.07, 6.45) is 0.948. The Labute approximate surface area is 156 Å². The smallest absolute Gasteiger partial charge is 0.241 e. The fraction of sp³-hybridized carbons (Fsp3) is 0.400. The Morgan fingerprint density at radius 1 is 0.962 bits per heavy atom. The topological polar surface area (TPSA) is 64.6 Å². The van der Waals surface area contributed by atoms with Crippen molar-refractivity contribution in [2.75, 3.05) is 14.2 Å². The average molecular weight is 378 g/mol. The maximum atomic E-state index is 12.9. The van der Waals surface area contributed by atoms with Crippen LogP contribution >= 0.6 is 0 Å². The highest BCUT2D eigenvalue weighted by Gasteiger charge is 2.25. The Kier molecular flexibility index (Phi) is 6.67. The van der Waals surface area contributed by atoms with Gasteiger partial charge in [0.1, 0.15) is 0 Å². The van der Waals surface area contributed by atoms with Gasteiger partial charge in [-0.25, -0.2) is 13.1 Å². The lowest BCUT2D eigenvalue weighted by Crippen LogP contribution is -2.31. The van der Waals surface area contributed by atoms with Gasteiger partial charge in [-0.2, -0.15) is 0 Å². The van der Waals surface area contributed by atoms with E-state index in [-0.39, 0.29) is 16.9 Å². The normalized spacial score (nSPS) is 12.8. The van der Waals surface area contributed by atoms with Crippen molar-refractivity contribution in [3.05, 3.63) is 53.6 Å². The fourth-order valence-electron chi connectivity index (χ4n) is 2.77. The zero-order chi connectivity index (χ0) is 19.3. The summed E-state index contributed by atoms with van der Waals surface area (Å²) in [7, 11) is -0.719. The van der Waals surface area contributed by atoms with Crippen molar-refractivity contribution in [3.8, 4) is 11.5 Å². The van der Waals surface area contributed by atoms with Crippen LogP contribution in [-0.4, -0.2) is 22.6 Å². The molecule has 6 heteroatoms. The summed E-state index contributed by atoms with van der Waals surface area (Å²) in [6.45, 7) is 6.08. The van der Waals surface area contributed by atoms with Crippen LogP contribution in [0.15, 0.2) is 47.4 Å². The van der Waals surface area contributed by atoms with Crippen molar-refractivity contribution in [2.24, 2.45) is 5.92 Å². The molecule has 0 saturated heterocycles. The number of methoxy groups -OCH3 is 2. The Morgan fingerprint density at radius 3 is 2.08 bits per heavy atom. The monoisotopic (exact) mass is 377 g/mol. The van der Waals surface area contributed by atoms with Gasteiger partial charge in [-0.1, -0.05) is 45.0 Å². The van der Waals surface area contributed by atoms with E-state index >= 15 is 0 Å². The molecule has 0 unspecified atom stereocenters. The van der Waals surface area contributed by atoms with Gasteiger partial charge in [0.2, 0.25) is 10.0 Å². The van der Waals surface area contributed by atoms with Crippen LogP contribution in [0.2, 0.25) is 0 Å². The molecule has 0 aliphatic heterocycles. The number of benzene rings is 2. The molecule has 1 N–H and O–H groups in total. The quantitative estimate of drug-likeness (QED) is 0.757. The maximum Gasteiger partial charge on any atom is 0.241 e. The Hall–Kier alpha value is -2.05. The maximum absolute atomic E-state index is 12.9. The Balaban J connectivity index is 2.34. The van der Waals surface area contributed by atoms with Gasteiger partial charge in [0.25, 0.3) is 0 Å². The molecule has 26 heavy (non-hydrogen) atoms. The molecule has 0 radical (unpaired) electrons. The molecule has 0 aliphatic rings. The van der Waals surface area contributed by atoms with Crippen LogP contribution < -0.4 is 14.2 Å². The van der Waals surface area contributed by atoms with Gasteiger partial charge >= 0.3 is 0 Å². The van der Waals surface area contributed by atoms with Crippen LogP contribution in [0.3, 0.4) is 0 Å². The molecule has 1 atom stereocenters. The summed E-state index contributed by atoms with van der Waals surface area (Å²) in [5.74, 6) is 0.961. The van der Waals surface area contributed by atoms with Crippen LogP contribution in [0.1, 0.15) is 37.9 Å². The predicted octanol–water partition coefficient (Wildman–Crippen LogP) is 3.94. The zero-order valence-corrected chi connectivity index (χ0v) is 16.8. The fourth-order valence-corrected chi connectivity index (χ4v) is 4.16. The van der Waals surface area contributed by atoms with Crippen molar-refractivity contribution in [2.45, 2.75) is 38.1 Å². The summed E-state index contributed by atoms with van der Waals surface area (Å²) in [6, 6.07) is 12.3. The average Bonchev–Trinajstić information content (AvgIpc) is 2.65. The minimum absolute atomic E-state index is 0.0948. The van der Waals surface area contributed by atoms with Crippen LogP contribution in [0, 0.1) is 5.92 Å².